The van der Waals surface area contributed by atoms with Gasteiger partial charge < -0.3 is 15.0 Å². The molecule has 0 spiro atoms. The van der Waals surface area contributed by atoms with Gasteiger partial charge in [0.15, 0.2) is 0 Å². The maximum Gasteiger partial charge on any atom is 0.0826 e. The molecule has 1 aliphatic heterocycles. The number of hydrogen-bond acceptors (Lipinski definition) is 4. The van der Waals surface area contributed by atoms with Crippen LogP contribution in [0.3, 0.4) is 0 Å². The molecule has 0 aromatic carbocycles. The van der Waals surface area contributed by atoms with Gasteiger partial charge in [-0.25, -0.2) is 0 Å². The van der Waals surface area contributed by atoms with Crippen LogP contribution >= 0.6 is 0 Å². The molecule has 1 aromatic rings. The van der Waals surface area contributed by atoms with Gasteiger partial charge in [0.05, 0.1) is 18.9 Å². The van der Waals surface area contributed by atoms with Gasteiger partial charge in [-0.15, -0.1) is 0 Å². The zero-order chi connectivity index (χ0) is 13.9. The first-order valence-corrected chi connectivity index (χ1v) is 7.00. The Morgan fingerprint density at radius 3 is 3.00 bits per heavy atom. The number of hydrogen-bond donors (Lipinski definition) is 2. The van der Waals surface area contributed by atoms with Crippen LogP contribution in [0.4, 0.5) is 0 Å². The molecule has 0 amide bonds. The molecule has 5 nitrogen and oxygen atoms in total. The van der Waals surface area contributed by atoms with Gasteiger partial charge in [0.1, 0.15) is 0 Å². The highest BCUT2D eigenvalue weighted by molar-refractivity contribution is 5.23. The summed E-state index contributed by atoms with van der Waals surface area (Å²) in [5.41, 5.74) is 2.56. The number of ether oxygens (including phenoxy) is 1. The second-order valence-corrected chi connectivity index (χ2v) is 6.41. The van der Waals surface area contributed by atoms with Crippen molar-refractivity contribution in [2.24, 2.45) is 0 Å². The largest absolute Gasteiger partial charge is 0.374 e. The molecule has 0 bridgehead atoms. The quantitative estimate of drug-likeness (QED) is 0.858. The maximum atomic E-state index is 5.74. The number of aromatic nitrogens is 2. The van der Waals surface area contributed by atoms with Crippen molar-refractivity contribution in [3.63, 3.8) is 0 Å². The lowest BCUT2D eigenvalue weighted by Gasteiger charge is -2.30. The summed E-state index contributed by atoms with van der Waals surface area (Å²) in [5.74, 6) is 0. The molecular weight excluding hydrogens is 240 g/mol. The summed E-state index contributed by atoms with van der Waals surface area (Å²) in [4.78, 5) is 2.31. The zero-order valence-corrected chi connectivity index (χ0v) is 12.5. The summed E-state index contributed by atoms with van der Waals surface area (Å²) in [6.45, 7) is 11.2. The lowest BCUT2D eigenvalue weighted by Crippen LogP contribution is -2.44. The lowest BCUT2D eigenvalue weighted by atomic mass is 9.89. The number of likely N-dealkylation sites (N-methyl/N-ethyl adjacent to an activating group) is 1. The fraction of sp³-hybridized carbons (Fsp3) is 0.786. The molecule has 1 atom stereocenters. The molecule has 2 heterocycles. The summed E-state index contributed by atoms with van der Waals surface area (Å²) in [6.07, 6.45) is 2.21. The molecule has 1 saturated heterocycles. The van der Waals surface area contributed by atoms with Gasteiger partial charge >= 0.3 is 0 Å². The predicted octanol–water partition coefficient (Wildman–Crippen LogP) is 1.13. The number of aromatic amines is 1. The van der Waals surface area contributed by atoms with Gasteiger partial charge in [0.25, 0.3) is 0 Å². The van der Waals surface area contributed by atoms with E-state index in [0.29, 0.717) is 6.10 Å². The highest BCUT2D eigenvalue weighted by Gasteiger charge is 2.21. The second kappa shape index (κ2) is 6.03. The fourth-order valence-electron chi connectivity index (χ4n) is 2.45. The molecule has 1 aromatic heterocycles. The van der Waals surface area contributed by atoms with Crippen molar-refractivity contribution in [2.75, 3.05) is 33.3 Å². The average Bonchev–Trinajstić information content (AvgIpc) is 2.77. The van der Waals surface area contributed by atoms with Gasteiger partial charge in [-0.3, -0.25) is 5.10 Å². The van der Waals surface area contributed by atoms with E-state index in [2.05, 4.69) is 48.2 Å². The third kappa shape index (κ3) is 4.03. The first-order chi connectivity index (χ1) is 8.97. The first-order valence-electron chi connectivity index (χ1n) is 7.00. The maximum absolute atomic E-state index is 5.74. The van der Waals surface area contributed by atoms with E-state index < -0.39 is 0 Å². The van der Waals surface area contributed by atoms with Crippen molar-refractivity contribution in [3.05, 3.63) is 17.5 Å². The van der Waals surface area contributed by atoms with Crippen molar-refractivity contribution in [1.29, 1.82) is 0 Å². The minimum Gasteiger partial charge on any atom is -0.374 e. The first kappa shape index (κ1) is 14.5. The Hall–Kier alpha value is -0.910. The minimum absolute atomic E-state index is 0.106. The van der Waals surface area contributed by atoms with Crippen LogP contribution in [0.1, 0.15) is 32.0 Å². The van der Waals surface area contributed by atoms with Gasteiger partial charge in [-0.05, 0) is 7.05 Å². The fourth-order valence-corrected chi connectivity index (χ4v) is 2.45. The number of H-pyrrole nitrogens is 1. The minimum atomic E-state index is 0.106. The summed E-state index contributed by atoms with van der Waals surface area (Å²) in [7, 11) is 2.14. The standard InChI is InChI=1S/C14H26N4O/c1-14(2,3)13-11(8-16-17-13)7-15-9-12-10-18(4)5-6-19-12/h8,12,15H,5-7,9-10H2,1-4H3,(H,16,17). The second-order valence-electron chi connectivity index (χ2n) is 6.41. The van der Waals surface area contributed by atoms with Crippen LogP contribution in [0, 0.1) is 0 Å². The molecule has 0 aliphatic carbocycles. The van der Waals surface area contributed by atoms with Crippen LogP contribution in [-0.2, 0) is 16.7 Å². The number of nitrogens with one attached hydrogen (secondary N) is 2. The molecule has 19 heavy (non-hydrogen) atoms. The Kier molecular flexibility index (Phi) is 4.60. The Morgan fingerprint density at radius 1 is 1.53 bits per heavy atom. The molecule has 5 heteroatoms. The Morgan fingerprint density at radius 2 is 2.32 bits per heavy atom. The van der Waals surface area contributed by atoms with Crippen molar-refractivity contribution in [2.45, 2.75) is 38.8 Å². The Balaban J connectivity index is 1.81. The molecule has 108 valence electrons. The molecule has 2 rings (SSSR count). The predicted molar refractivity (Wildman–Crippen MR) is 76.2 cm³/mol. The van der Waals surface area contributed by atoms with Crippen molar-refractivity contribution in [1.82, 2.24) is 20.4 Å². The van der Waals surface area contributed by atoms with Crippen LogP contribution in [0.2, 0.25) is 0 Å². The smallest absolute Gasteiger partial charge is 0.0826 e. The average molecular weight is 266 g/mol. The monoisotopic (exact) mass is 266 g/mol. The van der Waals surface area contributed by atoms with Crippen molar-refractivity contribution >= 4 is 0 Å². The van der Waals surface area contributed by atoms with Gasteiger partial charge in [-0.2, -0.15) is 5.10 Å². The molecule has 0 saturated carbocycles. The van der Waals surface area contributed by atoms with E-state index in [0.717, 1.165) is 32.8 Å². The molecular formula is C14H26N4O. The molecule has 1 aliphatic rings. The van der Waals surface area contributed by atoms with E-state index >= 15 is 0 Å². The summed E-state index contributed by atoms with van der Waals surface area (Å²) in [5, 5.41) is 10.8. The number of rotatable bonds is 4. The Bertz CT molecular complexity index is 396. The van der Waals surface area contributed by atoms with Crippen LogP contribution < -0.4 is 5.32 Å². The van der Waals surface area contributed by atoms with Crippen LogP contribution in [0.15, 0.2) is 6.20 Å². The van der Waals surface area contributed by atoms with Crippen LogP contribution in [0.5, 0.6) is 0 Å². The van der Waals surface area contributed by atoms with E-state index in [1.807, 2.05) is 6.20 Å². The third-order valence-corrected chi connectivity index (χ3v) is 3.50. The molecule has 2 N–H and O–H groups in total. The van der Waals surface area contributed by atoms with Crippen molar-refractivity contribution in [3.8, 4) is 0 Å². The SMILES string of the molecule is CN1CCOC(CNCc2cn[nH]c2C(C)(C)C)C1. The van der Waals surface area contributed by atoms with Gasteiger partial charge in [0, 0.05) is 42.9 Å². The highest BCUT2D eigenvalue weighted by Crippen LogP contribution is 2.23. The van der Waals surface area contributed by atoms with Crippen molar-refractivity contribution < 1.29 is 4.74 Å². The topological polar surface area (TPSA) is 53.2 Å². The van der Waals surface area contributed by atoms with E-state index in [1.54, 1.807) is 0 Å². The number of morpholine rings is 1. The zero-order valence-electron chi connectivity index (χ0n) is 12.5. The molecule has 1 fully saturated rings. The normalized spacial score (nSPS) is 21.8. The third-order valence-electron chi connectivity index (χ3n) is 3.50. The van der Waals surface area contributed by atoms with E-state index in [1.165, 1.54) is 11.3 Å². The summed E-state index contributed by atoms with van der Waals surface area (Å²) in [6, 6.07) is 0. The molecule has 0 radical (unpaired) electrons. The molecule has 1 unspecified atom stereocenters. The summed E-state index contributed by atoms with van der Waals surface area (Å²) < 4.78 is 5.74. The van der Waals surface area contributed by atoms with Gasteiger partial charge in [-0.1, -0.05) is 20.8 Å². The van der Waals surface area contributed by atoms with E-state index in [9.17, 15) is 0 Å². The lowest BCUT2D eigenvalue weighted by molar-refractivity contribution is -0.0182. The highest BCUT2D eigenvalue weighted by atomic mass is 16.5. The number of nitrogens with zero attached hydrogens (tertiary/aromatic N) is 2. The van der Waals surface area contributed by atoms with Crippen LogP contribution in [-0.4, -0.2) is 54.5 Å². The summed E-state index contributed by atoms with van der Waals surface area (Å²) >= 11 is 0. The van der Waals surface area contributed by atoms with Gasteiger partial charge in [0.2, 0.25) is 0 Å². The Labute approximate surface area is 115 Å². The van der Waals surface area contributed by atoms with E-state index in [-0.39, 0.29) is 5.41 Å². The van der Waals surface area contributed by atoms with E-state index in [4.69, 9.17) is 4.74 Å². The van der Waals surface area contributed by atoms with Crippen LogP contribution in [0.25, 0.3) is 0 Å².